The van der Waals surface area contributed by atoms with Gasteiger partial charge < -0.3 is 20.5 Å². The van der Waals surface area contributed by atoms with Crippen molar-refractivity contribution in [2.45, 2.75) is 38.1 Å². The average Bonchev–Trinajstić information content (AvgIpc) is 3.23. The molecule has 13 heteroatoms. The third-order valence-electron chi connectivity index (χ3n) is 5.85. The molecule has 0 saturated carbocycles. The van der Waals surface area contributed by atoms with Crippen molar-refractivity contribution in [1.29, 1.82) is 0 Å². The second kappa shape index (κ2) is 10.2. The Morgan fingerprint density at radius 1 is 1.03 bits per heavy atom. The highest BCUT2D eigenvalue weighted by Gasteiger charge is 2.42. The summed E-state index contributed by atoms with van der Waals surface area (Å²) in [7, 11) is 0. The number of anilines is 1. The lowest BCUT2D eigenvalue weighted by atomic mass is 10.0. The summed E-state index contributed by atoms with van der Waals surface area (Å²) in [6, 6.07) is 8.03. The van der Waals surface area contributed by atoms with Gasteiger partial charge >= 0.3 is 6.18 Å². The van der Waals surface area contributed by atoms with Crippen LogP contribution < -0.4 is 11.1 Å². The van der Waals surface area contributed by atoms with Gasteiger partial charge in [0, 0.05) is 37.3 Å². The molecule has 0 radical (unpaired) electrons. The molecular weight excluding hydrogens is 504 g/mol. The van der Waals surface area contributed by atoms with Gasteiger partial charge in [0.25, 0.3) is 5.91 Å². The highest BCUT2D eigenvalue weighted by molar-refractivity contribution is 6.04. The molecule has 0 bridgehead atoms. The van der Waals surface area contributed by atoms with E-state index >= 15 is 0 Å². The van der Waals surface area contributed by atoms with E-state index in [1.807, 2.05) is 0 Å². The summed E-state index contributed by atoms with van der Waals surface area (Å²) in [6.45, 7) is -0.473. The van der Waals surface area contributed by atoms with Gasteiger partial charge in [-0.25, -0.2) is 18.2 Å². The fraction of sp³-hybridized carbons (Fsp3) is 0.292. The predicted molar refractivity (Wildman–Crippen MR) is 120 cm³/mol. The first-order chi connectivity index (χ1) is 17.4. The standard InChI is InChI=1S/C24H21F6N5O2/c25-16-11-18(27)17(26)9-13(16)8-14(31)10-20(36)34-6-7-35-19(12-34)33-22(24(28,29)30)21(35)23(37)32-15-4-2-1-3-5-15/h1-5,9,11,14H,6-8,10,12,31H2,(H,32,37)/t14-/m0/s1. The minimum Gasteiger partial charge on any atom is -0.333 e. The van der Waals surface area contributed by atoms with E-state index in [4.69, 9.17) is 5.73 Å². The summed E-state index contributed by atoms with van der Waals surface area (Å²) in [5, 5.41) is 2.42. The smallest absolute Gasteiger partial charge is 0.333 e. The lowest BCUT2D eigenvalue weighted by molar-refractivity contribution is -0.141. The molecule has 37 heavy (non-hydrogen) atoms. The Morgan fingerprint density at radius 3 is 2.38 bits per heavy atom. The quantitative estimate of drug-likeness (QED) is 0.378. The molecule has 3 aromatic rings. The molecule has 2 heterocycles. The van der Waals surface area contributed by atoms with E-state index in [0.717, 1.165) is 4.57 Å². The molecule has 1 aliphatic rings. The molecule has 196 valence electrons. The van der Waals surface area contributed by atoms with E-state index in [0.29, 0.717) is 17.8 Å². The molecule has 1 atom stereocenters. The largest absolute Gasteiger partial charge is 0.435 e. The molecular formula is C24H21F6N5O2. The molecule has 0 spiro atoms. The molecule has 0 fully saturated rings. The van der Waals surface area contributed by atoms with Gasteiger partial charge in [-0.05, 0) is 30.2 Å². The number of carbonyl (C=O) groups is 2. The van der Waals surface area contributed by atoms with E-state index < -0.39 is 52.9 Å². The number of carbonyl (C=O) groups excluding carboxylic acids is 2. The molecule has 0 unspecified atom stereocenters. The van der Waals surface area contributed by atoms with Crippen molar-refractivity contribution in [3.05, 3.63) is 82.7 Å². The van der Waals surface area contributed by atoms with Gasteiger partial charge in [0.1, 0.15) is 17.3 Å². The van der Waals surface area contributed by atoms with Gasteiger partial charge in [-0.1, -0.05) is 18.2 Å². The van der Waals surface area contributed by atoms with Crippen molar-refractivity contribution in [2.24, 2.45) is 5.73 Å². The number of nitrogens with one attached hydrogen (secondary N) is 1. The summed E-state index contributed by atoms with van der Waals surface area (Å²) >= 11 is 0. The lowest BCUT2D eigenvalue weighted by Gasteiger charge is -2.29. The maximum Gasteiger partial charge on any atom is 0.435 e. The summed E-state index contributed by atoms with van der Waals surface area (Å²) < 4.78 is 82.7. The molecule has 0 aliphatic carbocycles. The molecule has 1 aliphatic heterocycles. The Balaban J connectivity index is 1.49. The van der Waals surface area contributed by atoms with Crippen LogP contribution in [0.4, 0.5) is 32.0 Å². The number of para-hydroxylation sites is 1. The van der Waals surface area contributed by atoms with Crippen LogP contribution >= 0.6 is 0 Å². The van der Waals surface area contributed by atoms with Gasteiger partial charge in [-0.15, -0.1) is 0 Å². The normalized spacial score (nSPS) is 14.3. The van der Waals surface area contributed by atoms with Gasteiger partial charge in [0.05, 0.1) is 6.54 Å². The molecule has 1 aromatic heterocycles. The number of nitrogens with two attached hydrogens (primary N) is 1. The first kappa shape index (κ1) is 26.2. The van der Waals surface area contributed by atoms with Gasteiger partial charge in [0.15, 0.2) is 17.3 Å². The maximum absolute atomic E-state index is 13.9. The van der Waals surface area contributed by atoms with E-state index in [-0.39, 0.29) is 43.9 Å². The van der Waals surface area contributed by atoms with Crippen LogP contribution in [0.1, 0.15) is 34.0 Å². The van der Waals surface area contributed by atoms with Gasteiger partial charge in [0.2, 0.25) is 5.91 Å². The summed E-state index contributed by atoms with van der Waals surface area (Å²) in [5.74, 6) is -5.30. The van der Waals surface area contributed by atoms with Crippen molar-refractivity contribution >= 4 is 17.5 Å². The zero-order valence-electron chi connectivity index (χ0n) is 19.2. The van der Waals surface area contributed by atoms with E-state index in [1.54, 1.807) is 18.2 Å². The zero-order valence-corrected chi connectivity index (χ0v) is 19.2. The third-order valence-corrected chi connectivity index (χ3v) is 5.85. The number of benzene rings is 2. The number of alkyl halides is 3. The second-order valence-electron chi connectivity index (χ2n) is 8.54. The van der Waals surface area contributed by atoms with Gasteiger partial charge in [-0.2, -0.15) is 13.2 Å². The minimum absolute atomic E-state index is 0.0304. The van der Waals surface area contributed by atoms with Crippen LogP contribution in [0, 0.1) is 17.5 Å². The second-order valence-corrected chi connectivity index (χ2v) is 8.54. The number of imidazole rings is 1. The highest BCUT2D eigenvalue weighted by Crippen LogP contribution is 2.33. The van der Waals surface area contributed by atoms with Crippen LogP contribution in [0.15, 0.2) is 42.5 Å². The predicted octanol–water partition coefficient (Wildman–Crippen LogP) is 3.87. The number of hydrogen-bond donors (Lipinski definition) is 2. The van der Waals surface area contributed by atoms with Crippen LogP contribution in [-0.4, -0.2) is 38.9 Å². The van der Waals surface area contributed by atoms with Crippen molar-refractivity contribution < 1.29 is 35.9 Å². The Morgan fingerprint density at radius 2 is 1.70 bits per heavy atom. The number of aromatic nitrogens is 2. The molecule has 3 N–H and O–H groups in total. The first-order valence-electron chi connectivity index (χ1n) is 11.1. The molecule has 4 rings (SSSR count). The fourth-order valence-electron chi connectivity index (χ4n) is 4.11. The lowest BCUT2D eigenvalue weighted by Crippen LogP contribution is -2.42. The van der Waals surface area contributed by atoms with Crippen molar-refractivity contribution in [3.63, 3.8) is 0 Å². The molecule has 2 amide bonds. The molecule has 2 aromatic carbocycles. The summed E-state index contributed by atoms with van der Waals surface area (Å²) in [5.41, 5.74) is 3.97. The third kappa shape index (κ3) is 5.77. The number of nitrogens with zero attached hydrogens (tertiary/aromatic N) is 3. The van der Waals surface area contributed by atoms with Crippen LogP contribution in [0.2, 0.25) is 0 Å². The number of fused-ring (bicyclic) bond motifs is 1. The highest BCUT2D eigenvalue weighted by atomic mass is 19.4. The number of halogens is 6. The zero-order chi connectivity index (χ0) is 26.9. The van der Waals surface area contributed by atoms with Crippen molar-refractivity contribution in [3.8, 4) is 0 Å². The number of hydrogen-bond acceptors (Lipinski definition) is 4. The van der Waals surface area contributed by atoms with E-state index in [9.17, 15) is 35.9 Å². The van der Waals surface area contributed by atoms with E-state index in [1.165, 1.54) is 17.0 Å². The van der Waals surface area contributed by atoms with Crippen molar-refractivity contribution in [2.75, 3.05) is 11.9 Å². The van der Waals surface area contributed by atoms with Crippen LogP contribution in [0.25, 0.3) is 0 Å². The average molecular weight is 525 g/mol. The monoisotopic (exact) mass is 525 g/mol. The Bertz CT molecular complexity index is 1330. The maximum atomic E-state index is 13.9. The first-order valence-corrected chi connectivity index (χ1v) is 11.1. The number of amides is 2. The van der Waals surface area contributed by atoms with Crippen molar-refractivity contribution in [1.82, 2.24) is 14.5 Å². The molecule has 7 nitrogen and oxygen atoms in total. The van der Waals surface area contributed by atoms with Crippen LogP contribution in [-0.2, 0) is 30.5 Å². The van der Waals surface area contributed by atoms with Gasteiger partial charge in [-0.3, -0.25) is 9.59 Å². The van der Waals surface area contributed by atoms with Crippen LogP contribution in [0.5, 0.6) is 0 Å². The Kier molecular flexibility index (Phi) is 7.25. The minimum atomic E-state index is -4.92. The topological polar surface area (TPSA) is 93.2 Å². The fourth-order valence-corrected chi connectivity index (χ4v) is 4.11. The Hall–Kier alpha value is -3.87. The summed E-state index contributed by atoms with van der Waals surface area (Å²) in [6.07, 6.45) is -5.51. The Labute approximate surface area is 206 Å². The SMILES string of the molecule is N[C@H](CC(=O)N1CCn2c(nc(C(F)(F)F)c2C(=O)Nc2ccccc2)C1)Cc1cc(F)c(F)cc1F. The number of rotatable bonds is 6. The van der Waals surface area contributed by atoms with Crippen LogP contribution in [0.3, 0.4) is 0 Å². The van der Waals surface area contributed by atoms with E-state index in [2.05, 4.69) is 10.3 Å². The molecule has 0 saturated heterocycles. The summed E-state index contributed by atoms with van der Waals surface area (Å²) in [4.78, 5) is 30.4.